The van der Waals surface area contributed by atoms with Gasteiger partial charge in [0.2, 0.25) is 0 Å². The maximum Gasteiger partial charge on any atom is 0.0175 e. The van der Waals surface area contributed by atoms with E-state index in [2.05, 4.69) is 59.1 Å². The van der Waals surface area contributed by atoms with E-state index < -0.39 is 0 Å². The fourth-order valence-electron chi connectivity index (χ4n) is 2.65. The lowest BCUT2D eigenvalue weighted by Crippen LogP contribution is -2.34. The molecule has 0 amide bonds. The molecule has 1 aliphatic heterocycles. The SMILES string of the molecule is CC(c1ccc(Br)cc1)C1CCCN(C)C1. The molecule has 2 rings (SSSR count). The van der Waals surface area contributed by atoms with Crippen molar-refractivity contribution in [3.05, 3.63) is 34.3 Å². The van der Waals surface area contributed by atoms with Crippen LogP contribution in [0.25, 0.3) is 0 Å². The van der Waals surface area contributed by atoms with Gasteiger partial charge in [-0.1, -0.05) is 35.0 Å². The summed E-state index contributed by atoms with van der Waals surface area (Å²) in [5.74, 6) is 1.50. The molecule has 1 saturated heterocycles. The number of piperidine rings is 1. The molecular formula is C14H20BrN. The minimum absolute atomic E-state index is 0.677. The lowest BCUT2D eigenvalue weighted by molar-refractivity contribution is 0.191. The zero-order valence-corrected chi connectivity index (χ0v) is 11.7. The Morgan fingerprint density at radius 1 is 1.31 bits per heavy atom. The maximum absolute atomic E-state index is 3.49. The van der Waals surface area contributed by atoms with Crippen molar-refractivity contribution in [3.63, 3.8) is 0 Å². The fourth-order valence-corrected chi connectivity index (χ4v) is 2.92. The number of rotatable bonds is 2. The summed E-state index contributed by atoms with van der Waals surface area (Å²) in [6.07, 6.45) is 2.73. The van der Waals surface area contributed by atoms with Crippen molar-refractivity contribution in [2.45, 2.75) is 25.7 Å². The van der Waals surface area contributed by atoms with Gasteiger partial charge in [-0.25, -0.2) is 0 Å². The van der Waals surface area contributed by atoms with Gasteiger partial charge in [-0.3, -0.25) is 0 Å². The minimum atomic E-state index is 0.677. The Morgan fingerprint density at radius 2 is 2.00 bits per heavy atom. The molecule has 1 aromatic rings. The molecule has 2 unspecified atom stereocenters. The number of likely N-dealkylation sites (tertiary alicyclic amines) is 1. The molecule has 0 N–H and O–H groups in total. The molecule has 88 valence electrons. The van der Waals surface area contributed by atoms with E-state index in [4.69, 9.17) is 0 Å². The van der Waals surface area contributed by atoms with Crippen LogP contribution >= 0.6 is 15.9 Å². The third kappa shape index (κ3) is 2.86. The molecule has 0 spiro atoms. The highest BCUT2D eigenvalue weighted by Crippen LogP contribution is 2.31. The Morgan fingerprint density at radius 3 is 2.62 bits per heavy atom. The van der Waals surface area contributed by atoms with E-state index in [-0.39, 0.29) is 0 Å². The van der Waals surface area contributed by atoms with Crippen molar-refractivity contribution < 1.29 is 0 Å². The minimum Gasteiger partial charge on any atom is -0.306 e. The van der Waals surface area contributed by atoms with E-state index in [1.165, 1.54) is 36.0 Å². The summed E-state index contributed by atoms with van der Waals surface area (Å²) < 4.78 is 1.17. The average molecular weight is 282 g/mol. The Labute approximate surface area is 107 Å². The summed E-state index contributed by atoms with van der Waals surface area (Å²) in [5, 5.41) is 0. The fraction of sp³-hybridized carbons (Fsp3) is 0.571. The molecule has 0 aromatic heterocycles. The number of hydrogen-bond acceptors (Lipinski definition) is 1. The van der Waals surface area contributed by atoms with Crippen LogP contribution in [-0.4, -0.2) is 25.0 Å². The standard InChI is InChI=1S/C14H20BrN/c1-11(12-5-7-14(15)8-6-12)13-4-3-9-16(2)10-13/h5-8,11,13H,3-4,9-10H2,1-2H3. The Bertz CT molecular complexity index is 333. The van der Waals surface area contributed by atoms with Gasteiger partial charge in [-0.15, -0.1) is 0 Å². The summed E-state index contributed by atoms with van der Waals surface area (Å²) >= 11 is 3.49. The largest absolute Gasteiger partial charge is 0.306 e. The first-order chi connectivity index (χ1) is 7.66. The van der Waals surface area contributed by atoms with Crippen molar-refractivity contribution in [2.24, 2.45) is 5.92 Å². The van der Waals surface area contributed by atoms with Crippen LogP contribution in [0.15, 0.2) is 28.7 Å². The van der Waals surface area contributed by atoms with Crippen molar-refractivity contribution in [2.75, 3.05) is 20.1 Å². The first-order valence-electron chi connectivity index (χ1n) is 6.11. The van der Waals surface area contributed by atoms with Crippen molar-refractivity contribution >= 4 is 15.9 Å². The van der Waals surface area contributed by atoms with Gasteiger partial charge in [0.25, 0.3) is 0 Å². The summed E-state index contributed by atoms with van der Waals surface area (Å²) in [5.41, 5.74) is 1.48. The monoisotopic (exact) mass is 281 g/mol. The van der Waals surface area contributed by atoms with Gasteiger partial charge < -0.3 is 4.90 Å². The van der Waals surface area contributed by atoms with Crippen LogP contribution in [0.1, 0.15) is 31.2 Å². The van der Waals surface area contributed by atoms with Crippen LogP contribution in [0.2, 0.25) is 0 Å². The summed E-state index contributed by atoms with van der Waals surface area (Å²) in [6.45, 7) is 4.88. The van der Waals surface area contributed by atoms with Gasteiger partial charge in [0, 0.05) is 11.0 Å². The van der Waals surface area contributed by atoms with Crippen molar-refractivity contribution in [1.82, 2.24) is 4.90 Å². The van der Waals surface area contributed by atoms with E-state index in [1.807, 2.05) is 0 Å². The normalized spacial score (nSPS) is 24.3. The Kier molecular flexibility index (Phi) is 4.04. The van der Waals surface area contributed by atoms with Gasteiger partial charge in [-0.05, 0) is 56.0 Å². The van der Waals surface area contributed by atoms with Crippen molar-refractivity contribution in [3.8, 4) is 0 Å². The predicted octanol–water partition coefficient (Wildman–Crippen LogP) is 3.89. The molecule has 2 atom stereocenters. The summed E-state index contributed by atoms with van der Waals surface area (Å²) in [7, 11) is 2.24. The highest BCUT2D eigenvalue weighted by Gasteiger charge is 2.23. The van der Waals surface area contributed by atoms with E-state index in [0.29, 0.717) is 5.92 Å². The van der Waals surface area contributed by atoms with Gasteiger partial charge >= 0.3 is 0 Å². The van der Waals surface area contributed by atoms with Crippen LogP contribution < -0.4 is 0 Å². The predicted molar refractivity (Wildman–Crippen MR) is 72.8 cm³/mol. The molecule has 1 fully saturated rings. The van der Waals surface area contributed by atoms with Crippen LogP contribution in [0, 0.1) is 5.92 Å². The smallest absolute Gasteiger partial charge is 0.0175 e. The molecule has 1 nitrogen and oxygen atoms in total. The second-order valence-electron chi connectivity index (χ2n) is 5.00. The molecule has 0 saturated carbocycles. The van der Waals surface area contributed by atoms with Crippen LogP contribution in [0.5, 0.6) is 0 Å². The molecule has 0 radical (unpaired) electrons. The third-order valence-electron chi connectivity index (χ3n) is 3.76. The second kappa shape index (κ2) is 5.33. The zero-order valence-electron chi connectivity index (χ0n) is 10.1. The number of nitrogens with zero attached hydrogens (tertiary/aromatic N) is 1. The summed E-state index contributed by atoms with van der Waals surface area (Å²) in [6, 6.07) is 8.81. The quantitative estimate of drug-likeness (QED) is 0.795. The molecule has 2 heteroatoms. The molecule has 16 heavy (non-hydrogen) atoms. The molecule has 1 heterocycles. The summed E-state index contributed by atoms with van der Waals surface area (Å²) in [4.78, 5) is 2.46. The van der Waals surface area contributed by atoms with Crippen molar-refractivity contribution in [1.29, 1.82) is 0 Å². The van der Waals surface area contributed by atoms with Gasteiger partial charge in [-0.2, -0.15) is 0 Å². The Balaban J connectivity index is 2.06. The van der Waals surface area contributed by atoms with E-state index in [0.717, 1.165) is 5.92 Å². The Hall–Kier alpha value is -0.340. The molecule has 1 aliphatic rings. The second-order valence-corrected chi connectivity index (χ2v) is 5.92. The topological polar surface area (TPSA) is 3.24 Å². The lowest BCUT2D eigenvalue weighted by atomic mass is 9.82. The number of hydrogen-bond donors (Lipinski definition) is 0. The van der Waals surface area contributed by atoms with E-state index in [1.54, 1.807) is 0 Å². The van der Waals surface area contributed by atoms with Gasteiger partial charge in [0.05, 0.1) is 0 Å². The van der Waals surface area contributed by atoms with Gasteiger partial charge in [0.15, 0.2) is 0 Å². The van der Waals surface area contributed by atoms with Crippen LogP contribution in [0.4, 0.5) is 0 Å². The molecular weight excluding hydrogens is 262 g/mol. The lowest BCUT2D eigenvalue weighted by Gasteiger charge is -2.33. The van der Waals surface area contributed by atoms with Gasteiger partial charge in [0.1, 0.15) is 0 Å². The van der Waals surface area contributed by atoms with E-state index in [9.17, 15) is 0 Å². The highest BCUT2D eigenvalue weighted by molar-refractivity contribution is 9.10. The molecule has 1 aromatic carbocycles. The van der Waals surface area contributed by atoms with Crippen LogP contribution in [-0.2, 0) is 0 Å². The average Bonchev–Trinajstić information content (AvgIpc) is 2.29. The first kappa shape index (κ1) is 12.1. The van der Waals surface area contributed by atoms with E-state index >= 15 is 0 Å². The molecule has 0 bridgehead atoms. The molecule has 0 aliphatic carbocycles. The van der Waals surface area contributed by atoms with Crippen LogP contribution in [0.3, 0.4) is 0 Å². The zero-order chi connectivity index (χ0) is 11.5. The maximum atomic E-state index is 3.49. The number of benzene rings is 1. The number of halogens is 1. The first-order valence-corrected chi connectivity index (χ1v) is 6.90. The third-order valence-corrected chi connectivity index (χ3v) is 4.29. The highest BCUT2D eigenvalue weighted by atomic mass is 79.9.